The summed E-state index contributed by atoms with van der Waals surface area (Å²) in [6, 6.07) is 17.8. The summed E-state index contributed by atoms with van der Waals surface area (Å²) in [4.78, 5) is 14.7. The number of hydrogen-bond acceptors (Lipinski definition) is 2. The minimum absolute atomic E-state index is 0.0474. The van der Waals surface area contributed by atoms with Crippen LogP contribution < -0.4 is 4.90 Å². The lowest BCUT2D eigenvalue weighted by Gasteiger charge is -2.15. The fourth-order valence-electron chi connectivity index (χ4n) is 3.13. The van der Waals surface area contributed by atoms with Gasteiger partial charge in [0.25, 0.3) is 5.91 Å². The number of amides is 1. The molecule has 0 spiro atoms. The second-order valence-electron chi connectivity index (χ2n) is 5.90. The average Bonchev–Trinajstić information content (AvgIpc) is 3.18. The third-order valence-electron chi connectivity index (χ3n) is 4.29. The van der Waals surface area contributed by atoms with E-state index < -0.39 is 0 Å². The van der Waals surface area contributed by atoms with E-state index in [-0.39, 0.29) is 5.91 Å². The maximum absolute atomic E-state index is 12.9. The zero-order valence-corrected chi connectivity index (χ0v) is 14.8. The van der Waals surface area contributed by atoms with Crippen molar-refractivity contribution in [3.05, 3.63) is 76.0 Å². The summed E-state index contributed by atoms with van der Waals surface area (Å²) < 4.78 is 2.85. The van der Waals surface area contributed by atoms with Gasteiger partial charge in [0.05, 0.1) is 5.69 Å². The Bertz CT molecular complexity index is 918. The minimum atomic E-state index is -0.0474. The van der Waals surface area contributed by atoms with Gasteiger partial charge in [0.15, 0.2) is 5.69 Å². The summed E-state index contributed by atoms with van der Waals surface area (Å²) in [6.45, 7) is 2.66. The van der Waals surface area contributed by atoms with Crippen LogP contribution in [0, 0.1) is 6.92 Å². The number of carbonyl (C=O) groups excluding carboxylic acids is 1. The second-order valence-corrected chi connectivity index (χ2v) is 6.81. The van der Waals surface area contributed by atoms with Crippen molar-refractivity contribution < 1.29 is 4.79 Å². The highest BCUT2D eigenvalue weighted by Crippen LogP contribution is 2.31. The van der Waals surface area contributed by atoms with Crippen molar-refractivity contribution in [2.45, 2.75) is 13.3 Å². The van der Waals surface area contributed by atoms with E-state index in [1.165, 1.54) is 5.56 Å². The number of carbonyl (C=O) groups is 1. The minimum Gasteiger partial charge on any atom is -0.306 e. The average molecular weight is 382 g/mol. The first kappa shape index (κ1) is 15.1. The van der Waals surface area contributed by atoms with Crippen LogP contribution in [0.2, 0.25) is 0 Å². The van der Waals surface area contributed by atoms with Gasteiger partial charge in [-0.3, -0.25) is 4.79 Å². The molecule has 0 atom stereocenters. The number of para-hydroxylation sites is 1. The Hall–Kier alpha value is -2.40. The number of hydrogen-bond donors (Lipinski definition) is 0. The van der Waals surface area contributed by atoms with E-state index in [1.54, 1.807) is 0 Å². The van der Waals surface area contributed by atoms with Gasteiger partial charge in [-0.05, 0) is 55.3 Å². The third kappa shape index (κ3) is 2.55. The SMILES string of the molecule is Cc1cc(C(=O)N2CCc3cc(Br)ccc32)nn1-c1ccccc1. The first-order chi connectivity index (χ1) is 11.6. The predicted octanol–water partition coefficient (Wildman–Crippen LogP) is 4.15. The molecule has 1 aromatic heterocycles. The normalized spacial score (nSPS) is 13.2. The van der Waals surface area contributed by atoms with Crippen LogP contribution in [-0.2, 0) is 6.42 Å². The Morgan fingerprint density at radius 2 is 1.92 bits per heavy atom. The van der Waals surface area contributed by atoms with Gasteiger partial charge < -0.3 is 4.90 Å². The van der Waals surface area contributed by atoms with Crippen LogP contribution in [0.25, 0.3) is 5.69 Å². The van der Waals surface area contributed by atoms with Gasteiger partial charge >= 0.3 is 0 Å². The number of aryl methyl sites for hydroxylation is 1. The maximum atomic E-state index is 12.9. The zero-order chi connectivity index (χ0) is 16.7. The number of benzene rings is 2. The molecule has 2 heterocycles. The smallest absolute Gasteiger partial charge is 0.278 e. The topological polar surface area (TPSA) is 38.1 Å². The Morgan fingerprint density at radius 3 is 2.71 bits per heavy atom. The predicted molar refractivity (Wildman–Crippen MR) is 97.8 cm³/mol. The monoisotopic (exact) mass is 381 g/mol. The van der Waals surface area contributed by atoms with Crippen LogP contribution in [0.1, 0.15) is 21.7 Å². The Labute approximate surface area is 148 Å². The van der Waals surface area contributed by atoms with E-state index in [0.29, 0.717) is 12.2 Å². The molecule has 5 heteroatoms. The first-order valence-corrected chi connectivity index (χ1v) is 8.65. The maximum Gasteiger partial charge on any atom is 0.278 e. The molecule has 4 nitrogen and oxygen atoms in total. The van der Waals surface area contributed by atoms with E-state index in [2.05, 4.69) is 27.1 Å². The summed E-state index contributed by atoms with van der Waals surface area (Å²) >= 11 is 3.49. The molecular formula is C19H16BrN3O. The van der Waals surface area contributed by atoms with Crippen LogP contribution in [0.5, 0.6) is 0 Å². The summed E-state index contributed by atoms with van der Waals surface area (Å²) in [6.07, 6.45) is 0.874. The van der Waals surface area contributed by atoms with Crippen LogP contribution in [-0.4, -0.2) is 22.2 Å². The Kier molecular flexibility index (Phi) is 3.73. The van der Waals surface area contributed by atoms with Crippen molar-refractivity contribution in [2.75, 3.05) is 11.4 Å². The molecule has 24 heavy (non-hydrogen) atoms. The van der Waals surface area contributed by atoms with Gasteiger partial charge in [-0.1, -0.05) is 34.1 Å². The molecule has 1 aliphatic heterocycles. The molecule has 1 aliphatic rings. The number of aromatic nitrogens is 2. The van der Waals surface area contributed by atoms with E-state index in [0.717, 1.165) is 28.0 Å². The van der Waals surface area contributed by atoms with Gasteiger partial charge in [-0.2, -0.15) is 5.10 Å². The molecule has 0 fully saturated rings. The summed E-state index contributed by atoms with van der Waals surface area (Å²) in [5.74, 6) is -0.0474. The van der Waals surface area contributed by atoms with Crippen molar-refractivity contribution in [3.8, 4) is 5.69 Å². The molecule has 0 unspecified atom stereocenters. The van der Waals surface area contributed by atoms with Gasteiger partial charge in [-0.25, -0.2) is 4.68 Å². The third-order valence-corrected chi connectivity index (χ3v) is 4.78. The zero-order valence-electron chi connectivity index (χ0n) is 13.2. The van der Waals surface area contributed by atoms with E-state index in [9.17, 15) is 4.79 Å². The van der Waals surface area contributed by atoms with Gasteiger partial charge in [0.2, 0.25) is 0 Å². The summed E-state index contributed by atoms with van der Waals surface area (Å²) in [5, 5.41) is 4.53. The van der Waals surface area contributed by atoms with Crippen molar-refractivity contribution in [1.82, 2.24) is 9.78 Å². The van der Waals surface area contributed by atoms with Crippen molar-refractivity contribution in [3.63, 3.8) is 0 Å². The lowest BCUT2D eigenvalue weighted by molar-refractivity contribution is 0.0984. The molecule has 0 aliphatic carbocycles. The Balaban J connectivity index is 1.68. The lowest BCUT2D eigenvalue weighted by atomic mass is 10.2. The number of halogens is 1. The van der Waals surface area contributed by atoms with Crippen molar-refractivity contribution >= 4 is 27.5 Å². The van der Waals surface area contributed by atoms with Gasteiger partial charge in [0.1, 0.15) is 0 Å². The molecule has 0 bridgehead atoms. The number of nitrogens with zero attached hydrogens (tertiary/aromatic N) is 3. The number of fused-ring (bicyclic) bond motifs is 1. The fourth-order valence-corrected chi connectivity index (χ4v) is 3.54. The summed E-state index contributed by atoms with van der Waals surface area (Å²) in [7, 11) is 0. The number of rotatable bonds is 2. The molecule has 120 valence electrons. The first-order valence-electron chi connectivity index (χ1n) is 7.86. The fraction of sp³-hybridized carbons (Fsp3) is 0.158. The molecular weight excluding hydrogens is 366 g/mol. The molecule has 0 N–H and O–H groups in total. The van der Waals surface area contributed by atoms with Crippen LogP contribution in [0.15, 0.2) is 59.1 Å². The lowest BCUT2D eigenvalue weighted by Crippen LogP contribution is -2.29. The molecule has 0 saturated heterocycles. The largest absolute Gasteiger partial charge is 0.306 e. The van der Waals surface area contributed by atoms with Gasteiger partial charge in [0, 0.05) is 22.4 Å². The molecule has 3 aromatic rings. The van der Waals surface area contributed by atoms with Gasteiger partial charge in [-0.15, -0.1) is 0 Å². The molecule has 0 radical (unpaired) electrons. The highest BCUT2D eigenvalue weighted by atomic mass is 79.9. The molecule has 4 rings (SSSR count). The highest BCUT2D eigenvalue weighted by molar-refractivity contribution is 9.10. The second kappa shape index (κ2) is 5.91. The van der Waals surface area contributed by atoms with E-state index in [1.807, 2.05) is 65.0 Å². The van der Waals surface area contributed by atoms with Crippen LogP contribution in [0.4, 0.5) is 5.69 Å². The summed E-state index contributed by atoms with van der Waals surface area (Å²) in [5.41, 5.74) is 4.55. The van der Waals surface area contributed by atoms with E-state index >= 15 is 0 Å². The molecule has 1 amide bonds. The number of anilines is 1. The Morgan fingerprint density at radius 1 is 1.12 bits per heavy atom. The quantitative estimate of drug-likeness (QED) is 0.668. The molecule has 0 saturated carbocycles. The van der Waals surface area contributed by atoms with Crippen LogP contribution in [0.3, 0.4) is 0 Å². The highest BCUT2D eigenvalue weighted by Gasteiger charge is 2.27. The van der Waals surface area contributed by atoms with Crippen LogP contribution >= 0.6 is 15.9 Å². The van der Waals surface area contributed by atoms with Crippen molar-refractivity contribution in [1.29, 1.82) is 0 Å². The standard InChI is InChI=1S/C19H16BrN3O/c1-13-11-17(21-23(13)16-5-3-2-4-6-16)19(24)22-10-9-14-12-15(20)7-8-18(14)22/h2-8,11-12H,9-10H2,1H3. The van der Waals surface area contributed by atoms with Crippen molar-refractivity contribution in [2.24, 2.45) is 0 Å². The van der Waals surface area contributed by atoms with E-state index in [4.69, 9.17) is 0 Å². The molecule has 2 aromatic carbocycles.